The fourth-order valence-electron chi connectivity index (χ4n) is 3.30. The number of nitrogens with zero attached hydrogens (tertiary/aromatic N) is 3. The van der Waals surface area contributed by atoms with Gasteiger partial charge in [-0.05, 0) is 35.4 Å². The van der Waals surface area contributed by atoms with Crippen LogP contribution in [0.15, 0.2) is 84.4 Å². The Labute approximate surface area is 177 Å². The fourth-order valence-corrected chi connectivity index (χ4v) is 4.24. The third-order valence-corrected chi connectivity index (χ3v) is 5.66. The molecule has 5 rings (SSSR count). The van der Waals surface area contributed by atoms with Gasteiger partial charge in [0.15, 0.2) is 5.82 Å². The van der Waals surface area contributed by atoms with Crippen molar-refractivity contribution in [3.05, 3.63) is 95.8 Å². The highest BCUT2D eigenvalue weighted by Crippen LogP contribution is 2.38. The molecule has 30 heavy (non-hydrogen) atoms. The van der Waals surface area contributed by atoms with Gasteiger partial charge >= 0.3 is 0 Å². The van der Waals surface area contributed by atoms with E-state index in [1.165, 1.54) is 12.1 Å². The molecule has 0 bridgehead atoms. The molecular formula is C24H17FN4S. The third-order valence-electron chi connectivity index (χ3n) is 4.79. The number of halogens is 1. The Kier molecular flexibility index (Phi) is 4.91. The van der Waals surface area contributed by atoms with Crippen LogP contribution in [0.4, 0.5) is 10.2 Å². The van der Waals surface area contributed by atoms with E-state index in [-0.39, 0.29) is 5.82 Å². The first-order valence-corrected chi connectivity index (χ1v) is 10.4. The molecule has 2 aromatic carbocycles. The Hall–Kier alpha value is -3.64. The van der Waals surface area contributed by atoms with E-state index in [0.29, 0.717) is 12.4 Å². The van der Waals surface area contributed by atoms with Crippen LogP contribution in [0.2, 0.25) is 0 Å². The van der Waals surface area contributed by atoms with Crippen LogP contribution >= 0.6 is 11.3 Å². The summed E-state index contributed by atoms with van der Waals surface area (Å²) in [4.78, 5) is 14.9. The first-order chi connectivity index (χ1) is 14.8. The van der Waals surface area contributed by atoms with Gasteiger partial charge in [0, 0.05) is 23.7 Å². The quantitative estimate of drug-likeness (QED) is 0.375. The smallest absolute Gasteiger partial charge is 0.181 e. The highest BCUT2D eigenvalue weighted by Gasteiger charge is 2.16. The summed E-state index contributed by atoms with van der Waals surface area (Å²) in [5.74, 6) is 1.07. The van der Waals surface area contributed by atoms with Crippen molar-refractivity contribution >= 4 is 27.4 Å². The molecule has 0 unspecified atom stereocenters. The SMILES string of the molecule is Fc1ccc(CNc2nc(-c3ccccn3)nc3scc(-c4ccccc4)c23)cc1. The van der Waals surface area contributed by atoms with E-state index in [2.05, 4.69) is 27.8 Å². The number of nitrogens with one attached hydrogen (secondary N) is 1. The number of rotatable bonds is 5. The molecule has 0 spiro atoms. The van der Waals surface area contributed by atoms with Gasteiger partial charge in [0.1, 0.15) is 22.2 Å². The molecular weight excluding hydrogens is 395 g/mol. The van der Waals surface area contributed by atoms with Crippen molar-refractivity contribution in [1.82, 2.24) is 15.0 Å². The highest BCUT2D eigenvalue weighted by atomic mass is 32.1. The molecule has 0 aliphatic rings. The second kappa shape index (κ2) is 8.00. The predicted molar refractivity (Wildman–Crippen MR) is 120 cm³/mol. The monoisotopic (exact) mass is 412 g/mol. The van der Waals surface area contributed by atoms with Gasteiger partial charge in [0.2, 0.25) is 0 Å². The molecule has 4 nitrogen and oxygen atoms in total. The van der Waals surface area contributed by atoms with Gasteiger partial charge in [-0.25, -0.2) is 14.4 Å². The minimum Gasteiger partial charge on any atom is -0.365 e. The summed E-state index contributed by atoms with van der Waals surface area (Å²) in [6, 6.07) is 22.4. The molecule has 3 aromatic heterocycles. The number of thiophene rings is 1. The molecule has 0 atom stereocenters. The van der Waals surface area contributed by atoms with Gasteiger partial charge < -0.3 is 5.32 Å². The summed E-state index contributed by atoms with van der Waals surface area (Å²) >= 11 is 1.59. The number of aromatic nitrogens is 3. The fraction of sp³-hybridized carbons (Fsp3) is 0.0417. The van der Waals surface area contributed by atoms with Gasteiger partial charge in [0.25, 0.3) is 0 Å². The van der Waals surface area contributed by atoms with Crippen LogP contribution in [0.1, 0.15) is 5.56 Å². The molecule has 0 saturated heterocycles. The van der Waals surface area contributed by atoms with Crippen LogP contribution in [0.25, 0.3) is 32.9 Å². The lowest BCUT2D eigenvalue weighted by atomic mass is 10.1. The summed E-state index contributed by atoms with van der Waals surface area (Å²) < 4.78 is 13.3. The number of anilines is 1. The number of pyridine rings is 1. The minimum atomic E-state index is -0.246. The number of fused-ring (bicyclic) bond motifs is 1. The predicted octanol–water partition coefficient (Wildman–Crippen LogP) is 6.17. The van der Waals surface area contributed by atoms with Crippen LogP contribution in [-0.2, 0) is 6.54 Å². The van der Waals surface area contributed by atoms with Crippen molar-refractivity contribution in [3.8, 4) is 22.6 Å². The van der Waals surface area contributed by atoms with Crippen molar-refractivity contribution in [2.24, 2.45) is 0 Å². The molecule has 3 heterocycles. The summed E-state index contributed by atoms with van der Waals surface area (Å²) in [5.41, 5.74) is 3.89. The molecule has 1 N–H and O–H groups in total. The zero-order valence-corrected chi connectivity index (χ0v) is 16.7. The lowest BCUT2D eigenvalue weighted by Crippen LogP contribution is -2.04. The molecule has 146 valence electrons. The first-order valence-electron chi connectivity index (χ1n) is 9.52. The van der Waals surface area contributed by atoms with E-state index >= 15 is 0 Å². The van der Waals surface area contributed by atoms with Gasteiger partial charge in [0.05, 0.1) is 5.39 Å². The zero-order valence-electron chi connectivity index (χ0n) is 15.9. The molecule has 0 aliphatic carbocycles. The van der Waals surface area contributed by atoms with E-state index in [4.69, 9.17) is 9.97 Å². The van der Waals surface area contributed by atoms with E-state index < -0.39 is 0 Å². The molecule has 0 fully saturated rings. The van der Waals surface area contributed by atoms with Crippen molar-refractivity contribution in [1.29, 1.82) is 0 Å². The summed E-state index contributed by atoms with van der Waals surface area (Å²) in [6.45, 7) is 0.526. The maximum absolute atomic E-state index is 13.3. The number of benzene rings is 2. The largest absolute Gasteiger partial charge is 0.365 e. The Balaban J connectivity index is 1.62. The number of hydrogen-bond acceptors (Lipinski definition) is 5. The van der Waals surface area contributed by atoms with Crippen LogP contribution in [0.3, 0.4) is 0 Å². The van der Waals surface area contributed by atoms with E-state index in [1.807, 2.05) is 36.4 Å². The molecule has 0 radical (unpaired) electrons. The highest BCUT2D eigenvalue weighted by molar-refractivity contribution is 7.17. The third kappa shape index (κ3) is 3.65. The van der Waals surface area contributed by atoms with Gasteiger partial charge in [-0.2, -0.15) is 0 Å². The van der Waals surface area contributed by atoms with Crippen LogP contribution in [-0.4, -0.2) is 15.0 Å². The lowest BCUT2D eigenvalue weighted by molar-refractivity contribution is 0.627. The standard InChI is InChI=1S/C24H17FN4S/c25-18-11-9-16(10-12-18)14-27-23-21-19(17-6-2-1-3-7-17)15-30-24(21)29-22(28-23)20-8-4-5-13-26-20/h1-13,15H,14H2,(H,27,28,29). The Morgan fingerprint density at radius 3 is 2.43 bits per heavy atom. The Bertz CT molecular complexity index is 1290. The normalized spacial score (nSPS) is 11.0. The average molecular weight is 412 g/mol. The molecule has 0 saturated carbocycles. The van der Waals surface area contributed by atoms with Gasteiger partial charge in [-0.15, -0.1) is 11.3 Å². The van der Waals surface area contributed by atoms with Gasteiger partial charge in [-0.1, -0.05) is 48.5 Å². The maximum Gasteiger partial charge on any atom is 0.181 e. The van der Waals surface area contributed by atoms with Gasteiger partial charge in [-0.3, -0.25) is 4.98 Å². The minimum absolute atomic E-state index is 0.246. The van der Waals surface area contributed by atoms with Crippen LogP contribution in [0.5, 0.6) is 0 Å². The first kappa shape index (κ1) is 18.4. The van der Waals surface area contributed by atoms with Crippen molar-refractivity contribution in [2.75, 3.05) is 5.32 Å². The summed E-state index contributed by atoms with van der Waals surface area (Å²) in [6.07, 6.45) is 1.73. The zero-order chi connectivity index (χ0) is 20.3. The van der Waals surface area contributed by atoms with Crippen LogP contribution in [0, 0.1) is 5.82 Å². The Morgan fingerprint density at radius 2 is 1.67 bits per heavy atom. The van der Waals surface area contributed by atoms with Crippen molar-refractivity contribution in [3.63, 3.8) is 0 Å². The average Bonchev–Trinajstić information content (AvgIpc) is 3.24. The summed E-state index contributed by atoms with van der Waals surface area (Å²) in [5, 5.41) is 6.53. The van der Waals surface area contributed by atoms with Crippen molar-refractivity contribution in [2.45, 2.75) is 6.54 Å². The molecule has 0 amide bonds. The maximum atomic E-state index is 13.3. The molecule has 6 heteroatoms. The topological polar surface area (TPSA) is 50.7 Å². The van der Waals surface area contributed by atoms with E-state index in [9.17, 15) is 4.39 Å². The second-order valence-corrected chi connectivity index (χ2v) is 7.64. The van der Waals surface area contributed by atoms with E-state index in [1.54, 1.807) is 29.7 Å². The summed E-state index contributed by atoms with van der Waals surface area (Å²) in [7, 11) is 0. The Morgan fingerprint density at radius 1 is 0.867 bits per heavy atom. The van der Waals surface area contributed by atoms with Crippen LogP contribution < -0.4 is 5.32 Å². The van der Waals surface area contributed by atoms with E-state index in [0.717, 1.165) is 38.4 Å². The second-order valence-electron chi connectivity index (χ2n) is 6.79. The molecule has 0 aliphatic heterocycles. The molecule has 5 aromatic rings. The van der Waals surface area contributed by atoms with Crippen molar-refractivity contribution < 1.29 is 4.39 Å². The lowest BCUT2D eigenvalue weighted by Gasteiger charge is -2.11. The number of hydrogen-bond donors (Lipinski definition) is 1.